The van der Waals surface area contributed by atoms with Crippen LogP contribution in [0.2, 0.25) is 0 Å². The molecule has 0 radical (unpaired) electrons. The third kappa shape index (κ3) is 9.06. The van der Waals surface area contributed by atoms with Gasteiger partial charge in [-0.3, -0.25) is 39.4 Å². The number of carbonyl (C=O) groups is 6. The third-order valence-corrected chi connectivity index (χ3v) is 12.9. The first kappa shape index (κ1) is 43.7. The highest BCUT2D eigenvalue weighted by atomic mass is 16.2. The Morgan fingerprint density at radius 3 is 2.30 bits per heavy atom. The molecule has 0 unspecified atom stereocenters. The van der Waals surface area contributed by atoms with Crippen LogP contribution in [0.3, 0.4) is 0 Å². The minimum Gasteiger partial charge on any atom is -0.356 e. The van der Waals surface area contributed by atoms with Gasteiger partial charge in [0.05, 0.1) is 17.8 Å². The number of fused-ring (bicyclic) bond motifs is 4. The molecule has 3 aliphatic rings. The first-order valence-electron chi connectivity index (χ1n) is 22.5. The lowest BCUT2D eigenvalue weighted by Gasteiger charge is -2.43. The van der Waals surface area contributed by atoms with Gasteiger partial charge in [0, 0.05) is 84.0 Å². The lowest BCUT2D eigenvalue weighted by Crippen LogP contribution is -2.51. The predicted octanol–water partition coefficient (Wildman–Crippen LogP) is 4.46. The van der Waals surface area contributed by atoms with Crippen LogP contribution in [0.4, 0.5) is 5.69 Å². The summed E-state index contributed by atoms with van der Waals surface area (Å²) < 4.78 is 1.48. The largest absolute Gasteiger partial charge is 0.356 e. The number of H-pyrrole nitrogens is 1. The number of nitrogens with zero attached hydrogens (tertiary/aromatic N) is 4. The normalized spacial score (nSPS) is 16.6. The number of unbranched alkanes of at least 4 members (excludes halogenated alkanes) is 1. The Labute approximate surface area is 379 Å². The molecule has 338 valence electrons. The number of amides is 6. The van der Waals surface area contributed by atoms with E-state index in [4.69, 9.17) is 4.98 Å². The van der Waals surface area contributed by atoms with Crippen LogP contribution in [0.1, 0.15) is 85.7 Å². The van der Waals surface area contributed by atoms with Crippen LogP contribution in [-0.2, 0) is 36.1 Å². The summed E-state index contributed by atoms with van der Waals surface area (Å²) in [5.41, 5.74) is 6.81. The molecule has 5 heterocycles. The minimum atomic E-state index is -0.774. The summed E-state index contributed by atoms with van der Waals surface area (Å²) in [6.07, 6.45) is 6.82. The SMILES string of the molecule is O=C(CCC(=O)Nc1cccc2c1CN([C@H]1CCCC(=O)NC1=O)C2=O)NCCCCNC(=O)CNC1(c2ccc(-c3nc4ccn5c(=O)[nH]nc5c4cc3-c3ccccc3)cc2)CCC1. The maximum absolute atomic E-state index is 13.2. The molecule has 1 atom stereocenters. The summed E-state index contributed by atoms with van der Waals surface area (Å²) in [6.45, 7) is 1.14. The van der Waals surface area contributed by atoms with Crippen molar-refractivity contribution in [3.63, 3.8) is 0 Å². The van der Waals surface area contributed by atoms with E-state index in [1.807, 2.05) is 42.5 Å². The maximum Gasteiger partial charge on any atom is 0.347 e. The Hall–Kier alpha value is -7.53. The monoisotopic (exact) mass is 890 g/mol. The summed E-state index contributed by atoms with van der Waals surface area (Å²) in [5.74, 6) is -1.95. The number of aromatic nitrogens is 4. The standard InChI is InChI=1S/C49H50N10O7/c60-40(19-20-42(62)53-37-12-6-11-33-36(37)29-59(47(33)65)39-13-7-14-41(61)55-46(39)64)50-24-4-5-25-51-43(63)28-52-49(22-8-23-49)32-17-15-31(16-18-32)44-34(30-9-2-1-3-10-30)27-35-38(54-44)21-26-58-45(35)56-57-48(58)66/h1-3,6,9-12,15-18,21,26-27,39,52H,4-5,7-8,13-14,19-20,22-25,28-29H2,(H,50,60)(H,51,63)(H,53,62)(H,57,66)(H,55,61,64)/t39-/m0/s1. The molecular formula is C49H50N10O7. The van der Waals surface area contributed by atoms with Gasteiger partial charge >= 0.3 is 5.69 Å². The molecule has 0 spiro atoms. The van der Waals surface area contributed by atoms with E-state index < -0.39 is 11.9 Å². The van der Waals surface area contributed by atoms with Crippen molar-refractivity contribution < 1.29 is 28.8 Å². The van der Waals surface area contributed by atoms with Gasteiger partial charge in [0.25, 0.3) is 5.91 Å². The van der Waals surface area contributed by atoms with E-state index in [1.165, 1.54) is 9.30 Å². The first-order valence-corrected chi connectivity index (χ1v) is 22.5. The molecule has 66 heavy (non-hydrogen) atoms. The number of anilines is 1. The fourth-order valence-electron chi connectivity index (χ4n) is 9.15. The van der Waals surface area contributed by atoms with Crippen molar-refractivity contribution in [1.29, 1.82) is 0 Å². The quantitative estimate of drug-likeness (QED) is 0.0591. The summed E-state index contributed by atoms with van der Waals surface area (Å²) in [5, 5.41) is 22.0. The number of benzene rings is 3. The van der Waals surface area contributed by atoms with Crippen LogP contribution in [0.25, 0.3) is 38.9 Å². The van der Waals surface area contributed by atoms with Gasteiger partial charge in [-0.15, -0.1) is 0 Å². The van der Waals surface area contributed by atoms with Gasteiger partial charge < -0.3 is 20.9 Å². The molecular weight excluding hydrogens is 841 g/mol. The molecule has 2 fully saturated rings. The van der Waals surface area contributed by atoms with E-state index in [0.29, 0.717) is 61.2 Å². The van der Waals surface area contributed by atoms with E-state index in [0.717, 1.165) is 58.1 Å². The van der Waals surface area contributed by atoms with Crippen molar-refractivity contribution in [3.05, 3.63) is 118 Å². The Balaban J connectivity index is 0.710. The summed E-state index contributed by atoms with van der Waals surface area (Å²) in [7, 11) is 0. The number of imide groups is 1. The zero-order valence-corrected chi connectivity index (χ0v) is 36.3. The summed E-state index contributed by atoms with van der Waals surface area (Å²) in [6, 6.07) is 26.4. The number of pyridine rings is 2. The number of hydrogen-bond donors (Lipinski definition) is 6. The average Bonchev–Trinajstić information content (AvgIpc) is 3.81. The zero-order chi connectivity index (χ0) is 45.8. The second kappa shape index (κ2) is 18.9. The average molecular weight is 891 g/mol. The Bertz CT molecular complexity index is 2920. The highest BCUT2D eigenvalue weighted by Crippen LogP contribution is 2.42. The van der Waals surface area contributed by atoms with Crippen molar-refractivity contribution in [2.24, 2.45) is 0 Å². The lowest BCUT2D eigenvalue weighted by atomic mass is 9.71. The maximum atomic E-state index is 13.2. The fraction of sp³-hybridized carbons (Fsp3) is 0.327. The first-order chi connectivity index (χ1) is 32.1. The molecule has 2 aliphatic heterocycles. The second-order valence-corrected chi connectivity index (χ2v) is 17.1. The van der Waals surface area contributed by atoms with Crippen LogP contribution in [-0.4, -0.2) is 85.6 Å². The predicted molar refractivity (Wildman–Crippen MR) is 246 cm³/mol. The van der Waals surface area contributed by atoms with E-state index in [2.05, 4.69) is 61.0 Å². The van der Waals surface area contributed by atoms with Gasteiger partial charge in [0.1, 0.15) is 6.04 Å². The van der Waals surface area contributed by atoms with Crippen molar-refractivity contribution in [3.8, 4) is 22.4 Å². The van der Waals surface area contributed by atoms with Gasteiger partial charge in [-0.05, 0) is 80.3 Å². The molecule has 1 aliphatic carbocycles. The van der Waals surface area contributed by atoms with Crippen molar-refractivity contribution in [2.75, 3.05) is 25.0 Å². The highest BCUT2D eigenvalue weighted by molar-refractivity contribution is 6.06. The van der Waals surface area contributed by atoms with Gasteiger partial charge in [-0.25, -0.2) is 19.3 Å². The van der Waals surface area contributed by atoms with Crippen LogP contribution in [0.15, 0.2) is 95.9 Å². The molecule has 6 amide bonds. The number of hydrogen-bond acceptors (Lipinski definition) is 10. The molecule has 17 heteroatoms. The smallest absolute Gasteiger partial charge is 0.347 e. The molecule has 6 N–H and O–H groups in total. The van der Waals surface area contributed by atoms with Crippen LogP contribution < -0.4 is 32.3 Å². The Morgan fingerprint density at radius 1 is 0.788 bits per heavy atom. The van der Waals surface area contributed by atoms with Crippen LogP contribution in [0.5, 0.6) is 0 Å². The van der Waals surface area contributed by atoms with Crippen molar-refractivity contribution in [2.45, 2.75) is 82.3 Å². The van der Waals surface area contributed by atoms with E-state index in [1.54, 1.807) is 24.4 Å². The van der Waals surface area contributed by atoms with E-state index in [9.17, 15) is 33.6 Å². The van der Waals surface area contributed by atoms with E-state index >= 15 is 0 Å². The molecule has 3 aromatic carbocycles. The number of rotatable bonds is 16. The van der Waals surface area contributed by atoms with Crippen LogP contribution in [0, 0.1) is 0 Å². The topological polar surface area (TPSA) is 229 Å². The van der Waals surface area contributed by atoms with E-state index in [-0.39, 0.29) is 73.1 Å². The molecule has 1 saturated heterocycles. The van der Waals surface area contributed by atoms with Crippen molar-refractivity contribution >= 4 is 57.7 Å². The van der Waals surface area contributed by atoms with Crippen molar-refractivity contribution in [1.82, 2.24) is 45.7 Å². The summed E-state index contributed by atoms with van der Waals surface area (Å²) in [4.78, 5) is 94.8. The van der Waals surface area contributed by atoms with Gasteiger partial charge in [-0.1, -0.05) is 60.7 Å². The summed E-state index contributed by atoms with van der Waals surface area (Å²) >= 11 is 0. The zero-order valence-electron chi connectivity index (χ0n) is 36.3. The highest BCUT2D eigenvalue weighted by Gasteiger charge is 2.40. The number of carbonyl (C=O) groups excluding carboxylic acids is 6. The van der Waals surface area contributed by atoms with Gasteiger partial charge in [0.15, 0.2) is 5.65 Å². The lowest BCUT2D eigenvalue weighted by molar-refractivity contribution is -0.132. The molecule has 1 saturated carbocycles. The molecule has 17 nitrogen and oxygen atoms in total. The number of aromatic amines is 1. The third-order valence-electron chi connectivity index (χ3n) is 12.9. The molecule has 9 rings (SSSR count). The Kier molecular flexibility index (Phi) is 12.5. The molecule has 3 aromatic heterocycles. The molecule has 6 aromatic rings. The minimum absolute atomic E-state index is 0.0239. The Morgan fingerprint density at radius 2 is 1.55 bits per heavy atom. The van der Waals surface area contributed by atoms with Gasteiger partial charge in [-0.2, -0.15) is 5.10 Å². The molecule has 0 bridgehead atoms. The van der Waals surface area contributed by atoms with Crippen LogP contribution >= 0.6 is 0 Å². The fourth-order valence-corrected chi connectivity index (χ4v) is 9.15. The second-order valence-electron chi connectivity index (χ2n) is 17.1. The number of nitrogens with one attached hydrogen (secondary N) is 6. The van der Waals surface area contributed by atoms with Gasteiger partial charge in [0.2, 0.25) is 29.5 Å².